The van der Waals surface area contributed by atoms with E-state index in [9.17, 15) is 22.8 Å². The van der Waals surface area contributed by atoms with Gasteiger partial charge < -0.3 is 10.4 Å². The number of nitrogens with one attached hydrogen (secondary N) is 1. The van der Waals surface area contributed by atoms with Crippen LogP contribution < -0.4 is 5.32 Å². The van der Waals surface area contributed by atoms with Gasteiger partial charge >= 0.3 is 12.1 Å². The highest BCUT2D eigenvalue weighted by molar-refractivity contribution is 5.88. The number of carboxylic acid groups (broad SMARTS) is 1. The maximum Gasteiger partial charge on any atom is 0.408 e. The fourth-order valence-electron chi connectivity index (χ4n) is 2.64. The molecule has 0 radical (unpaired) electrons. The summed E-state index contributed by atoms with van der Waals surface area (Å²) in [6.07, 6.45) is -3.56. The first-order valence-corrected chi connectivity index (χ1v) is 7.61. The van der Waals surface area contributed by atoms with E-state index in [4.69, 9.17) is 5.11 Å². The van der Waals surface area contributed by atoms with E-state index < -0.39 is 36.6 Å². The summed E-state index contributed by atoms with van der Waals surface area (Å²) < 4.78 is 38.5. The Hall–Kier alpha value is -2.06. The average molecular weight is 349 g/mol. The zero-order valence-corrected chi connectivity index (χ0v) is 14.1. The van der Waals surface area contributed by atoms with Gasteiger partial charge in [-0.2, -0.15) is 18.3 Å². The second-order valence-corrected chi connectivity index (χ2v) is 5.77. The quantitative estimate of drug-likeness (QED) is 0.792. The SMILES string of the molecule is CCCC(NC(=O)C(C)c1c(C)nn(CC(F)(F)F)c1C)C(=O)O. The Labute approximate surface area is 138 Å². The summed E-state index contributed by atoms with van der Waals surface area (Å²) in [4.78, 5) is 23.4. The standard InChI is InChI=1S/C15H22F3N3O3/c1-5-6-11(14(23)24)19-13(22)8(2)12-9(3)20-21(10(12)4)7-15(16,17)18/h8,11H,5-7H2,1-4H3,(H,19,22)(H,23,24). The number of carbonyl (C=O) groups is 2. The molecule has 0 bridgehead atoms. The summed E-state index contributed by atoms with van der Waals surface area (Å²) in [7, 11) is 0. The second kappa shape index (κ2) is 7.67. The van der Waals surface area contributed by atoms with Crippen molar-refractivity contribution in [1.82, 2.24) is 15.1 Å². The molecule has 0 aliphatic heterocycles. The van der Waals surface area contributed by atoms with Gasteiger partial charge in [0.2, 0.25) is 5.91 Å². The van der Waals surface area contributed by atoms with Crippen LogP contribution in [-0.2, 0) is 16.1 Å². The molecule has 1 amide bonds. The van der Waals surface area contributed by atoms with Gasteiger partial charge in [0.1, 0.15) is 12.6 Å². The van der Waals surface area contributed by atoms with Gasteiger partial charge in [-0.15, -0.1) is 0 Å². The molecule has 6 nitrogen and oxygen atoms in total. The Morgan fingerprint density at radius 2 is 1.92 bits per heavy atom. The molecule has 24 heavy (non-hydrogen) atoms. The molecule has 2 N–H and O–H groups in total. The predicted octanol–water partition coefficient (Wildman–Crippen LogP) is 2.54. The largest absolute Gasteiger partial charge is 0.480 e. The van der Waals surface area contributed by atoms with Gasteiger partial charge in [-0.05, 0) is 27.2 Å². The van der Waals surface area contributed by atoms with Crippen LogP contribution in [0.1, 0.15) is 49.6 Å². The van der Waals surface area contributed by atoms with Gasteiger partial charge in [-0.1, -0.05) is 13.3 Å². The number of rotatable bonds is 7. The lowest BCUT2D eigenvalue weighted by molar-refractivity contribution is -0.143. The van der Waals surface area contributed by atoms with Crippen LogP contribution in [0.25, 0.3) is 0 Å². The van der Waals surface area contributed by atoms with Crippen molar-refractivity contribution >= 4 is 11.9 Å². The van der Waals surface area contributed by atoms with Crippen LogP contribution in [0.4, 0.5) is 13.2 Å². The highest BCUT2D eigenvalue weighted by Gasteiger charge is 2.32. The average Bonchev–Trinajstić information content (AvgIpc) is 2.69. The Morgan fingerprint density at radius 3 is 2.38 bits per heavy atom. The Morgan fingerprint density at radius 1 is 1.33 bits per heavy atom. The molecule has 1 aromatic heterocycles. The molecule has 2 atom stereocenters. The first-order valence-electron chi connectivity index (χ1n) is 7.61. The van der Waals surface area contributed by atoms with Crippen molar-refractivity contribution in [2.75, 3.05) is 0 Å². The maximum absolute atomic E-state index is 12.6. The van der Waals surface area contributed by atoms with E-state index in [0.29, 0.717) is 17.7 Å². The number of aromatic nitrogens is 2. The van der Waals surface area contributed by atoms with Crippen LogP contribution in [0.5, 0.6) is 0 Å². The van der Waals surface area contributed by atoms with Crippen molar-refractivity contribution in [1.29, 1.82) is 0 Å². The number of hydrogen-bond acceptors (Lipinski definition) is 3. The van der Waals surface area contributed by atoms with Gasteiger partial charge in [0.05, 0.1) is 11.6 Å². The van der Waals surface area contributed by atoms with E-state index in [-0.39, 0.29) is 12.1 Å². The number of hydrogen-bond donors (Lipinski definition) is 2. The summed E-state index contributed by atoms with van der Waals surface area (Å²) in [6.45, 7) is 5.07. The molecule has 1 heterocycles. The molecule has 0 saturated heterocycles. The number of nitrogens with zero attached hydrogens (tertiary/aromatic N) is 2. The van der Waals surface area contributed by atoms with E-state index in [1.54, 1.807) is 6.92 Å². The summed E-state index contributed by atoms with van der Waals surface area (Å²) in [5.41, 5.74) is 0.953. The summed E-state index contributed by atoms with van der Waals surface area (Å²) >= 11 is 0. The lowest BCUT2D eigenvalue weighted by atomic mass is 9.97. The molecular formula is C15H22F3N3O3. The number of alkyl halides is 3. The summed E-state index contributed by atoms with van der Waals surface area (Å²) in [5.74, 6) is -2.49. The first kappa shape index (κ1) is 20.0. The molecular weight excluding hydrogens is 327 g/mol. The fraction of sp³-hybridized carbons (Fsp3) is 0.667. The molecule has 0 aliphatic carbocycles. The maximum atomic E-state index is 12.6. The van der Waals surface area contributed by atoms with Gasteiger partial charge in [-0.25, -0.2) is 4.79 Å². The Bertz CT molecular complexity index is 611. The topological polar surface area (TPSA) is 84.2 Å². The summed E-state index contributed by atoms with van der Waals surface area (Å²) in [6, 6.07) is -1.02. The van der Waals surface area contributed by atoms with Gasteiger partial charge in [-0.3, -0.25) is 9.48 Å². The van der Waals surface area contributed by atoms with Crippen molar-refractivity contribution in [2.24, 2.45) is 0 Å². The van der Waals surface area contributed by atoms with E-state index in [2.05, 4.69) is 10.4 Å². The minimum Gasteiger partial charge on any atom is -0.480 e. The van der Waals surface area contributed by atoms with Crippen molar-refractivity contribution in [2.45, 2.75) is 65.2 Å². The molecule has 0 spiro atoms. The number of carboxylic acids is 1. The number of aryl methyl sites for hydroxylation is 1. The fourth-order valence-corrected chi connectivity index (χ4v) is 2.64. The zero-order valence-electron chi connectivity index (χ0n) is 14.1. The van der Waals surface area contributed by atoms with Crippen LogP contribution in [0.3, 0.4) is 0 Å². The highest BCUT2D eigenvalue weighted by atomic mass is 19.4. The number of carbonyl (C=O) groups excluding carboxylic acids is 1. The summed E-state index contributed by atoms with van der Waals surface area (Å²) in [5, 5.41) is 15.4. The number of aliphatic carboxylic acids is 1. The van der Waals surface area contributed by atoms with E-state index in [1.165, 1.54) is 20.8 Å². The normalized spacial score (nSPS) is 14.3. The molecule has 0 fully saturated rings. The van der Waals surface area contributed by atoms with Crippen molar-refractivity contribution < 1.29 is 27.9 Å². The van der Waals surface area contributed by atoms with Crippen molar-refractivity contribution in [3.8, 4) is 0 Å². The lowest BCUT2D eigenvalue weighted by Gasteiger charge is -2.18. The molecule has 9 heteroatoms. The van der Waals surface area contributed by atoms with Gasteiger partial charge in [0.15, 0.2) is 0 Å². The molecule has 0 saturated carbocycles. The van der Waals surface area contributed by atoms with Crippen molar-refractivity contribution in [3.05, 3.63) is 17.0 Å². The second-order valence-electron chi connectivity index (χ2n) is 5.77. The lowest BCUT2D eigenvalue weighted by Crippen LogP contribution is -2.42. The minimum atomic E-state index is -4.42. The monoisotopic (exact) mass is 349 g/mol. The first-order chi connectivity index (χ1) is 11.0. The van der Waals surface area contributed by atoms with Crippen LogP contribution >= 0.6 is 0 Å². The molecule has 1 rings (SSSR count). The highest BCUT2D eigenvalue weighted by Crippen LogP contribution is 2.26. The van der Waals surface area contributed by atoms with E-state index in [1.807, 2.05) is 0 Å². The predicted molar refractivity (Wildman–Crippen MR) is 80.6 cm³/mol. The van der Waals surface area contributed by atoms with E-state index >= 15 is 0 Å². The number of halogens is 3. The Balaban J connectivity index is 3.00. The third-order valence-electron chi connectivity index (χ3n) is 3.78. The molecule has 0 aromatic carbocycles. The Kier molecular flexibility index (Phi) is 6.39. The molecule has 136 valence electrons. The molecule has 1 aromatic rings. The van der Waals surface area contributed by atoms with Crippen LogP contribution in [0.15, 0.2) is 0 Å². The van der Waals surface area contributed by atoms with Gasteiger partial charge in [0, 0.05) is 11.3 Å². The van der Waals surface area contributed by atoms with Crippen LogP contribution in [-0.4, -0.2) is 39.0 Å². The third-order valence-corrected chi connectivity index (χ3v) is 3.78. The van der Waals surface area contributed by atoms with E-state index in [0.717, 1.165) is 4.68 Å². The smallest absolute Gasteiger partial charge is 0.408 e. The van der Waals surface area contributed by atoms with Crippen LogP contribution in [0.2, 0.25) is 0 Å². The van der Waals surface area contributed by atoms with Gasteiger partial charge in [0.25, 0.3) is 0 Å². The molecule has 0 aliphatic rings. The molecule has 2 unspecified atom stereocenters. The zero-order chi connectivity index (χ0) is 18.7. The van der Waals surface area contributed by atoms with Crippen molar-refractivity contribution in [3.63, 3.8) is 0 Å². The van der Waals surface area contributed by atoms with Crippen LogP contribution in [0, 0.1) is 13.8 Å². The minimum absolute atomic E-state index is 0.245. The number of amides is 1. The third kappa shape index (κ3) is 4.97.